The van der Waals surface area contributed by atoms with E-state index in [1.807, 2.05) is 0 Å². The van der Waals surface area contributed by atoms with Crippen LogP contribution >= 0.6 is 0 Å². The Balaban J connectivity index is 1.16. The molecule has 0 N–H and O–H groups in total. The van der Waals surface area contributed by atoms with Crippen molar-refractivity contribution in [2.45, 2.75) is 44.9 Å². The largest absolute Gasteiger partial charge is 0.456 e. The number of fused-ring (bicyclic) bond motifs is 3. The Kier molecular flexibility index (Phi) is 8.32. The minimum atomic E-state index is -2.62. The first-order valence-electron chi connectivity index (χ1n) is 20.2. The van der Waals surface area contributed by atoms with E-state index in [1.165, 1.54) is 76.0 Å². The lowest BCUT2D eigenvalue weighted by Gasteiger charge is -2.35. The van der Waals surface area contributed by atoms with Crippen molar-refractivity contribution in [3.05, 3.63) is 216 Å². The minimum Gasteiger partial charge on any atom is -0.456 e. The molecule has 1 aliphatic rings. The molecule has 9 aromatic rings. The molecule has 0 fully saturated rings. The standard InChI is InChI=1S/C55H46OSi/c1-54(2,41-31-33-46(34-32-41)57(43-23-11-6-12-24-43,44-25-13-7-14-26-44)45-27-15-8-16-28-45)37-40-36-48(38-19-9-5-10-20-38)52-51-50-47(29-18-30-49(50)56-53(40)51)39-21-17-22-42(35-39)55(52,3)4/h5-36H,37H2,1-4H3. The second kappa shape index (κ2) is 13.5. The smallest absolute Gasteiger partial charge is 0.179 e. The predicted octanol–water partition coefficient (Wildman–Crippen LogP) is 11.5. The van der Waals surface area contributed by atoms with Gasteiger partial charge >= 0.3 is 0 Å². The molecule has 0 radical (unpaired) electrons. The first-order chi connectivity index (χ1) is 27.8. The van der Waals surface area contributed by atoms with Gasteiger partial charge in [-0.1, -0.05) is 210 Å². The third-order valence-electron chi connectivity index (χ3n) is 12.8. The van der Waals surface area contributed by atoms with Gasteiger partial charge in [-0.2, -0.15) is 0 Å². The highest BCUT2D eigenvalue weighted by atomic mass is 28.3. The lowest BCUT2D eigenvalue weighted by Crippen LogP contribution is -2.74. The highest BCUT2D eigenvalue weighted by molar-refractivity contribution is 7.19. The molecule has 1 heterocycles. The molecule has 1 aliphatic carbocycles. The molecule has 57 heavy (non-hydrogen) atoms. The third-order valence-corrected chi connectivity index (χ3v) is 17.6. The summed E-state index contributed by atoms with van der Waals surface area (Å²) in [6.07, 6.45) is 0.822. The summed E-state index contributed by atoms with van der Waals surface area (Å²) in [6.45, 7) is 9.56. The Morgan fingerprint density at radius 2 is 1.02 bits per heavy atom. The van der Waals surface area contributed by atoms with Gasteiger partial charge in [-0.15, -0.1) is 0 Å². The average molecular weight is 751 g/mol. The molecule has 10 rings (SSSR count). The fourth-order valence-electron chi connectivity index (χ4n) is 9.96. The van der Waals surface area contributed by atoms with Crippen molar-refractivity contribution in [3.8, 4) is 22.3 Å². The average Bonchev–Trinajstić information content (AvgIpc) is 3.65. The second-order valence-corrected chi connectivity index (χ2v) is 20.8. The number of benzene rings is 8. The molecule has 2 heteroatoms. The van der Waals surface area contributed by atoms with E-state index >= 15 is 0 Å². The monoisotopic (exact) mass is 750 g/mol. The van der Waals surface area contributed by atoms with Gasteiger partial charge in [0.1, 0.15) is 11.2 Å². The molecule has 8 aromatic carbocycles. The van der Waals surface area contributed by atoms with Gasteiger partial charge < -0.3 is 4.42 Å². The molecule has 0 saturated carbocycles. The topological polar surface area (TPSA) is 13.1 Å². The number of furan rings is 1. The van der Waals surface area contributed by atoms with Crippen LogP contribution in [0.25, 0.3) is 44.2 Å². The zero-order valence-electron chi connectivity index (χ0n) is 33.1. The lowest BCUT2D eigenvalue weighted by molar-refractivity contribution is 0.519. The molecule has 0 unspecified atom stereocenters. The van der Waals surface area contributed by atoms with Crippen LogP contribution < -0.4 is 20.7 Å². The molecular weight excluding hydrogens is 705 g/mol. The summed E-state index contributed by atoms with van der Waals surface area (Å²) >= 11 is 0. The van der Waals surface area contributed by atoms with Gasteiger partial charge in [0.05, 0.1) is 0 Å². The maximum Gasteiger partial charge on any atom is 0.179 e. The van der Waals surface area contributed by atoms with E-state index in [-0.39, 0.29) is 10.8 Å². The van der Waals surface area contributed by atoms with E-state index in [1.54, 1.807) is 0 Å². The Hall–Kier alpha value is -6.22. The fraction of sp³-hybridized carbons (Fsp3) is 0.127. The summed E-state index contributed by atoms with van der Waals surface area (Å²) in [4.78, 5) is 0. The van der Waals surface area contributed by atoms with E-state index in [2.05, 4.69) is 222 Å². The molecule has 0 atom stereocenters. The Labute approximate surface area is 337 Å². The zero-order chi connectivity index (χ0) is 38.8. The normalized spacial score (nSPS) is 13.5. The first-order valence-corrected chi connectivity index (χ1v) is 22.2. The maximum absolute atomic E-state index is 7.06. The summed E-state index contributed by atoms with van der Waals surface area (Å²) in [5.41, 5.74) is 11.7. The van der Waals surface area contributed by atoms with Crippen molar-refractivity contribution in [1.29, 1.82) is 0 Å². The van der Waals surface area contributed by atoms with Gasteiger partial charge in [0, 0.05) is 16.2 Å². The van der Waals surface area contributed by atoms with Crippen molar-refractivity contribution in [1.82, 2.24) is 0 Å². The Morgan fingerprint density at radius 1 is 0.491 bits per heavy atom. The van der Waals surface area contributed by atoms with Crippen molar-refractivity contribution < 1.29 is 4.42 Å². The summed E-state index contributed by atoms with van der Waals surface area (Å²) in [7, 11) is -2.62. The molecule has 0 amide bonds. The van der Waals surface area contributed by atoms with Crippen LogP contribution in [0.15, 0.2) is 199 Å². The maximum atomic E-state index is 7.06. The van der Waals surface area contributed by atoms with Gasteiger partial charge in [-0.05, 0) is 89.2 Å². The van der Waals surface area contributed by atoms with Crippen LogP contribution in [-0.2, 0) is 17.3 Å². The van der Waals surface area contributed by atoms with E-state index in [4.69, 9.17) is 4.42 Å². The van der Waals surface area contributed by atoms with Crippen LogP contribution in [0.3, 0.4) is 0 Å². The van der Waals surface area contributed by atoms with E-state index < -0.39 is 8.07 Å². The number of rotatable bonds is 8. The van der Waals surface area contributed by atoms with Crippen LogP contribution in [0, 0.1) is 0 Å². The van der Waals surface area contributed by atoms with Crippen molar-refractivity contribution in [2.75, 3.05) is 0 Å². The van der Waals surface area contributed by atoms with E-state index in [0.29, 0.717) is 0 Å². The van der Waals surface area contributed by atoms with Crippen molar-refractivity contribution in [2.24, 2.45) is 0 Å². The Bertz CT molecular complexity index is 2790. The van der Waals surface area contributed by atoms with Gasteiger partial charge in [0.25, 0.3) is 0 Å². The molecule has 1 aromatic heterocycles. The van der Waals surface area contributed by atoms with Crippen LogP contribution in [-0.4, -0.2) is 8.07 Å². The molecule has 1 nitrogen and oxygen atoms in total. The van der Waals surface area contributed by atoms with E-state index in [0.717, 1.165) is 17.6 Å². The van der Waals surface area contributed by atoms with Crippen molar-refractivity contribution in [3.63, 3.8) is 0 Å². The molecule has 0 saturated heterocycles. The second-order valence-electron chi connectivity index (χ2n) is 17.0. The summed E-state index contributed by atoms with van der Waals surface area (Å²) < 4.78 is 7.06. The molecule has 0 aliphatic heterocycles. The Morgan fingerprint density at radius 3 is 1.61 bits per heavy atom. The van der Waals surface area contributed by atoms with E-state index in [9.17, 15) is 0 Å². The number of hydrogen-bond donors (Lipinski definition) is 0. The fourth-order valence-corrected chi connectivity index (χ4v) is 14.7. The molecular formula is C55H46OSi. The van der Waals surface area contributed by atoms with Gasteiger partial charge in [-0.3, -0.25) is 0 Å². The summed E-state index contributed by atoms with van der Waals surface area (Å²) in [5.74, 6) is 0. The minimum absolute atomic E-state index is 0.198. The molecule has 276 valence electrons. The molecule has 0 spiro atoms. The SMILES string of the molecule is CC(C)(Cc1cc(-c2ccccc2)c2c3c1oc1cccc(c13)-c1cccc(c1)C2(C)C)c1ccc([Si](c2ccccc2)(c2ccccc2)c2ccccc2)cc1. The van der Waals surface area contributed by atoms with Crippen LogP contribution in [0.2, 0.25) is 0 Å². The highest BCUT2D eigenvalue weighted by Crippen LogP contribution is 2.51. The van der Waals surface area contributed by atoms with Gasteiger partial charge in [0.2, 0.25) is 0 Å². The van der Waals surface area contributed by atoms with Crippen molar-refractivity contribution >= 4 is 50.8 Å². The zero-order valence-corrected chi connectivity index (χ0v) is 34.1. The highest BCUT2D eigenvalue weighted by Gasteiger charge is 2.42. The quantitative estimate of drug-likeness (QED) is 0.111. The predicted molar refractivity (Wildman–Crippen MR) is 244 cm³/mol. The van der Waals surface area contributed by atoms with Gasteiger partial charge in [-0.25, -0.2) is 0 Å². The summed E-state index contributed by atoms with van der Waals surface area (Å²) in [6, 6.07) is 72.3. The van der Waals surface area contributed by atoms with Gasteiger partial charge in [0.15, 0.2) is 8.07 Å². The summed E-state index contributed by atoms with van der Waals surface area (Å²) in [5, 5.41) is 8.01. The van der Waals surface area contributed by atoms with Crippen LogP contribution in [0.1, 0.15) is 49.9 Å². The first kappa shape index (κ1) is 35.2. The lowest BCUT2D eigenvalue weighted by atomic mass is 9.70. The molecule has 2 bridgehead atoms. The van der Waals surface area contributed by atoms with Crippen LogP contribution in [0.5, 0.6) is 0 Å². The number of hydrogen-bond acceptors (Lipinski definition) is 1. The van der Waals surface area contributed by atoms with Crippen LogP contribution in [0.4, 0.5) is 0 Å². The third kappa shape index (κ3) is 5.57.